The summed E-state index contributed by atoms with van der Waals surface area (Å²) < 4.78 is 1.79. The molecular formula is C16H20N6O2. The maximum atomic E-state index is 12.1. The minimum atomic E-state index is -0.601. The third-order valence-corrected chi connectivity index (χ3v) is 4.61. The summed E-state index contributed by atoms with van der Waals surface area (Å²) >= 11 is 0. The zero-order valence-electron chi connectivity index (χ0n) is 13.5. The van der Waals surface area contributed by atoms with Crippen LogP contribution in [-0.4, -0.2) is 54.3 Å². The molecule has 126 valence electrons. The van der Waals surface area contributed by atoms with E-state index in [0.717, 1.165) is 42.8 Å². The third-order valence-electron chi connectivity index (χ3n) is 4.61. The average Bonchev–Trinajstić information content (AvgIpc) is 2.92. The summed E-state index contributed by atoms with van der Waals surface area (Å²) in [6.07, 6.45) is 0. The number of nitrogens with one attached hydrogen (secondary N) is 3. The van der Waals surface area contributed by atoms with Crippen molar-refractivity contribution < 1.29 is 9.59 Å². The van der Waals surface area contributed by atoms with Crippen molar-refractivity contribution in [2.45, 2.75) is 6.04 Å². The van der Waals surface area contributed by atoms with E-state index in [1.54, 1.807) is 4.68 Å². The Morgan fingerprint density at radius 2 is 2.00 bits per heavy atom. The van der Waals surface area contributed by atoms with Crippen LogP contribution in [0.2, 0.25) is 0 Å². The predicted molar refractivity (Wildman–Crippen MR) is 89.7 cm³/mol. The maximum Gasteiger partial charge on any atom is 0.250 e. The molecule has 2 amide bonds. The zero-order valence-corrected chi connectivity index (χ0v) is 13.5. The Balaban J connectivity index is 1.71. The molecule has 2 aromatic rings. The molecule has 1 aromatic carbocycles. The highest BCUT2D eigenvalue weighted by Gasteiger charge is 2.31. The number of piperazine rings is 2. The van der Waals surface area contributed by atoms with Crippen molar-refractivity contribution in [3.05, 3.63) is 23.9 Å². The van der Waals surface area contributed by atoms with Crippen molar-refractivity contribution in [3.8, 4) is 0 Å². The second-order valence-corrected chi connectivity index (χ2v) is 6.17. The van der Waals surface area contributed by atoms with Gasteiger partial charge in [0.2, 0.25) is 11.8 Å². The van der Waals surface area contributed by atoms with Crippen LogP contribution in [0.1, 0.15) is 11.7 Å². The fourth-order valence-corrected chi connectivity index (χ4v) is 3.37. The molecule has 0 saturated carbocycles. The van der Waals surface area contributed by atoms with Gasteiger partial charge in [0.1, 0.15) is 6.04 Å². The highest BCUT2D eigenvalue weighted by atomic mass is 16.2. The van der Waals surface area contributed by atoms with Gasteiger partial charge in [0.05, 0.1) is 17.8 Å². The van der Waals surface area contributed by atoms with E-state index >= 15 is 0 Å². The van der Waals surface area contributed by atoms with Gasteiger partial charge in [0.15, 0.2) is 0 Å². The van der Waals surface area contributed by atoms with E-state index in [1.165, 1.54) is 0 Å². The Labute approximate surface area is 139 Å². The number of nitrogens with zero attached hydrogens (tertiary/aromatic N) is 3. The lowest BCUT2D eigenvalue weighted by molar-refractivity contribution is -0.134. The van der Waals surface area contributed by atoms with Gasteiger partial charge in [0, 0.05) is 44.3 Å². The molecule has 1 aromatic heterocycles. The molecule has 0 radical (unpaired) electrons. The lowest BCUT2D eigenvalue weighted by Gasteiger charge is -2.29. The lowest BCUT2D eigenvalue weighted by Crippen LogP contribution is -2.51. The molecule has 3 heterocycles. The van der Waals surface area contributed by atoms with Gasteiger partial charge in [-0.1, -0.05) is 0 Å². The van der Waals surface area contributed by atoms with Gasteiger partial charge < -0.3 is 10.2 Å². The van der Waals surface area contributed by atoms with Crippen molar-refractivity contribution in [1.29, 1.82) is 0 Å². The van der Waals surface area contributed by atoms with E-state index < -0.39 is 6.04 Å². The van der Waals surface area contributed by atoms with E-state index in [9.17, 15) is 9.59 Å². The lowest BCUT2D eigenvalue weighted by atomic mass is 10.1. The largest absolute Gasteiger partial charge is 0.369 e. The Morgan fingerprint density at radius 1 is 1.21 bits per heavy atom. The minimum Gasteiger partial charge on any atom is -0.369 e. The topological polar surface area (TPSA) is 91.3 Å². The summed E-state index contributed by atoms with van der Waals surface area (Å²) in [5.41, 5.74) is 2.80. The standard InChI is InChI=1S/C16H20N6O2/c1-21-12-8-10(22-6-4-17-5-7-22)2-3-11(12)14(20-21)15-16(24)19-13(23)9-18-15/h2-3,8,15,17-18H,4-7,9H2,1H3,(H,19,23,24). The number of hydrogen-bond donors (Lipinski definition) is 3. The van der Waals surface area contributed by atoms with Crippen molar-refractivity contribution in [2.75, 3.05) is 37.6 Å². The fourth-order valence-electron chi connectivity index (χ4n) is 3.37. The molecule has 2 fully saturated rings. The highest BCUT2D eigenvalue weighted by molar-refractivity contribution is 6.03. The van der Waals surface area contributed by atoms with Gasteiger partial charge in [-0.25, -0.2) is 0 Å². The van der Waals surface area contributed by atoms with E-state index in [-0.39, 0.29) is 18.4 Å². The number of fused-ring (bicyclic) bond motifs is 1. The molecule has 0 aliphatic carbocycles. The van der Waals surface area contributed by atoms with Gasteiger partial charge in [-0.2, -0.15) is 5.10 Å². The van der Waals surface area contributed by atoms with Crippen LogP contribution in [0.5, 0.6) is 0 Å². The molecule has 0 spiro atoms. The number of imide groups is 1. The number of anilines is 1. The molecular weight excluding hydrogens is 308 g/mol. The molecule has 2 aliphatic rings. The van der Waals surface area contributed by atoms with Crippen LogP contribution in [0.3, 0.4) is 0 Å². The second-order valence-electron chi connectivity index (χ2n) is 6.17. The van der Waals surface area contributed by atoms with Crippen LogP contribution < -0.4 is 20.9 Å². The molecule has 8 nitrogen and oxygen atoms in total. The molecule has 3 N–H and O–H groups in total. The molecule has 24 heavy (non-hydrogen) atoms. The number of aromatic nitrogens is 2. The fraction of sp³-hybridized carbons (Fsp3) is 0.438. The van der Waals surface area contributed by atoms with Crippen LogP contribution >= 0.6 is 0 Å². The van der Waals surface area contributed by atoms with Crippen LogP contribution in [0.25, 0.3) is 10.9 Å². The summed E-state index contributed by atoms with van der Waals surface area (Å²) in [7, 11) is 1.87. The summed E-state index contributed by atoms with van der Waals surface area (Å²) in [6, 6.07) is 5.60. The molecule has 2 saturated heterocycles. The third kappa shape index (κ3) is 2.53. The number of aryl methyl sites for hydroxylation is 1. The average molecular weight is 328 g/mol. The van der Waals surface area contributed by atoms with Gasteiger partial charge >= 0.3 is 0 Å². The van der Waals surface area contributed by atoms with Crippen LogP contribution in [0.4, 0.5) is 5.69 Å². The van der Waals surface area contributed by atoms with E-state index in [0.29, 0.717) is 5.69 Å². The number of benzene rings is 1. The number of rotatable bonds is 2. The van der Waals surface area contributed by atoms with Gasteiger partial charge in [0.25, 0.3) is 0 Å². The van der Waals surface area contributed by atoms with Crippen molar-refractivity contribution in [2.24, 2.45) is 7.05 Å². The Morgan fingerprint density at radius 3 is 2.75 bits per heavy atom. The maximum absolute atomic E-state index is 12.1. The first-order valence-electron chi connectivity index (χ1n) is 8.13. The first kappa shape index (κ1) is 15.1. The number of carbonyl (C=O) groups is 2. The number of carbonyl (C=O) groups excluding carboxylic acids is 2. The van der Waals surface area contributed by atoms with Gasteiger partial charge in [-0.15, -0.1) is 0 Å². The van der Waals surface area contributed by atoms with E-state index in [2.05, 4.69) is 38.1 Å². The predicted octanol–water partition coefficient (Wildman–Crippen LogP) is -0.730. The van der Waals surface area contributed by atoms with Crippen molar-refractivity contribution in [1.82, 2.24) is 25.7 Å². The molecule has 8 heteroatoms. The van der Waals surface area contributed by atoms with Crippen LogP contribution in [-0.2, 0) is 16.6 Å². The van der Waals surface area contributed by atoms with Gasteiger partial charge in [-0.3, -0.25) is 24.9 Å². The monoisotopic (exact) mass is 328 g/mol. The minimum absolute atomic E-state index is 0.118. The molecule has 0 bridgehead atoms. The van der Waals surface area contributed by atoms with Crippen molar-refractivity contribution in [3.63, 3.8) is 0 Å². The van der Waals surface area contributed by atoms with E-state index in [4.69, 9.17) is 0 Å². The van der Waals surface area contributed by atoms with Crippen molar-refractivity contribution >= 4 is 28.4 Å². The Hall–Kier alpha value is -2.45. The smallest absolute Gasteiger partial charge is 0.250 e. The number of hydrogen-bond acceptors (Lipinski definition) is 6. The molecule has 4 rings (SSSR count). The molecule has 1 unspecified atom stereocenters. The highest BCUT2D eigenvalue weighted by Crippen LogP contribution is 2.28. The molecule has 2 aliphatic heterocycles. The van der Waals surface area contributed by atoms with Crippen LogP contribution in [0, 0.1) is 0 Å². The summed E-state index contributed by atoms with van der Waals surface area (Å²) in [6.45, 7) is 4.03. The van der Waals surface area contributed by atoms with Crippen LogP contribution in [0.15, 0.2) is 18.2 Å². The summed E-state index contributed by atoms with van der Waals surface area (Å²) in [5, 5.41) is 14.1. The normalized spacial score (nSPS) is 22.0. The Bertz CT molecular complexity index is 808. The quantitative estimate of drug-likeness (QED) is 0.630. The SMILES string of the molecule is Cn1nc(C2NCC(=O)NC2=O)c2ccc(N3CCNCC3)cc21. The number of amides is 2. The summed E-state index contributed by atoms with van der Waals surface area (Å²) in [5.74, 6) is -0.657. The first-order valence-corrected chi connectivity index (χ1v) is 8.13. The zero-order chi connectivity index (χ0) is 16.7. The van der Waals surface area contributed by atoms with Gasteiger partial charge in [-0.05, 0) is 18.2 Å². The first-order chi connectivity index (χ1) is 11.6. The second kappa shape index (κ2) is 5.88. The Kier molecular flexibility index (Phi) is 3.70. The van der Waals surface area contributed by atoms with E-state index in [1.807, 2.05) is 13.1 Å². The summed E-state index contributed by atoms with van der Waals surface area (Å²) in [4.78, 5) is 25.8. The molecule has 1 atom stereocenters.